The number of rotatable bonds is 6. The predicted octanol–water partition coefficient (Wildman–Crippen LogP) is 2.69. The van der Waals surface area contributed by atoms with Crippen LogP contribution in [0.1, 0.15) is 36.5 Å². The summed E-state index contributed by atoms with van der Waals surface area (Å²) < 4.78 is 30.7. The topological polar surface area (TPSA) is 75.6 Å². The Morgan fingerprint density at radius 1 is 1.33 bits per heavy atom. The number of aryl methyl sites for hydroxylation is 1. The number of alkyl halides is 2. The molecular weight excluding hydrogens is 320 g/mol. The lowest BCUT2D eigenvalue weighted by Crippen LogP contribution is -2.46. The van der Waals surface area contributed by atoms with Crippen LogP contribution in [0.15, 0.2) is 24.3 Å². The zero-order valence-corrected chi connectivity index (χ0v) is 13.4. The van der Waals surface area contributed by atoms with Gasteiger partial charge in [-0.15, -0.1) is 0 Å². The van der Waals surface area contributed by atoms with E-state index in [0.29, 0.717) is 19.4 Å². The summed E-state index contributed by atoms with van der Waals surface area (Å²) in [6.45, 7) is 2.44. The van der Waals surface area contributed by atoms with Gasteiger partial charge >= 0.3 is 5.97 Å². The molecule has 1 amide bonds. The minimum atomic E-state index is -2.80. The Morgan fingerprint density at radius 2 is 2.00 bits per heavy atom. The van der Waals surface area contributed by atoms with E-state index in [0.717, 1.165) is 11.1 Å². The maximum Gasteiger partial charge on any atom is 0.326 e. The predicted molar refractivity (Wildman–Crippen MR) is 82.8 cm³/mol. The van der Waals surface area contributed by atoms with Crippen LogP contribution < -0.4 is 5.32 Å². The Morgan fingerprint density at radius 3 is 2.58 bits per heavy atom. The highest BCUT2D eigenvalue weighted by Gasteiger charge is 2.35. The van der Waals surface area contributed by atoms with Gasteiger partial charge in [0.15, 0.2) is 0 Å². The molecule has 5 nitrogen and oxygen atoms in total. The van der Waals surface area contributed by atoms with Crippen molar-refractivity contribution in [3.63, 3.8) is 0 Å². The Bertz CT molecular complexity index is 576. The second-order valence-electron chi connectivity index (χ2n) is 5.98. The Kier molecular flexibility index (Phi) is 6.25. The summed E-state index contributed by atoms with van der Waals surface area (Å²) >= 11 is 0. The minimum Gasteiger partial charge on any atom is -0.480 e. The number of carboxylic acid groups (broad SMARTS) is 1. The van der Waals surface area contributed by atoms with Crippen molar-refractivity contribution in [1.82, 2.24) is 5.32 Å². The number of carbonyl (C=O) groups is 2. The van der Waals surface area contributed by atoms with Crippen LogP contribution in [0.2, 0.25) is 0 Å². The highest BCUT2D eigenvalue weighted by atomic mass is 19.3. The molecule has 2 N–H and O–H groups in total. The van der Waals surface area contributed by atoms with E-state index in [1.807, 2.05) is 31.2 Å². The van der Waals surface area contributed by atoms with Crippen LogP contribution in [0.5, 0.6) is 0 Å². The molecule has 1 aromatic carbocycles. The fraction of sp³-hybridized carbons (Fsp3) is 0.529. The molecule has 0 aromatic heterocycles. The molecule has 0 radical (unpaired) electrons. The highest BCUT2D eigenvalue weighted by Crippen LogP contribution is 2.34. The van der Waals surface area contributed by atoms with Crippen LogP contribution in [-0.2, 0) is 14.3 Å². The van der Waals surface area contributed by atoms with E-state index in [2.05, 4.69) is 5.32 Å². The number of benzene rings is 1. The normalized spacial score (nSPS) is 22.2. The SMILES string of the molecule is Cc1ccc(C2OCCCC2C(=O)NC(CC(F)F)C(=O)O)cc1. The van der Waals surface area contributed by atoms with Gasteiger partial charge in [-0.05, 0) is 25.3 Å². The van der Waals surface area contributed by atoms with Crippen LogP contribution in [-0.4, -0.2) is 36.1 Å². The molecule has 24 heavy (non-hydrogen) atoms. The fourth-order valence-corrected chi connectivity index (χ4v) is 2.81. The molecular formula is C17H21F2NO4. The second kappa shape index (κ2) is 8.19. The third-order valence-electron chi connectivity index (χ3n) is 4.09. The van der Waals surface area contributed by atoms with Gasteiger partial charge < -0.3 is 15.2 Å². The summed E-state index contributed by atoms with van der Waals surface area (Å²) in [5.74, 6) is -2.62. The number of ether oxygens (including phenoxy) is 1. The van der Waals surface area contributed by atoms with Gasteiger partial charge in [-0.3, -0.25) is 4.79 Å². The molecule has 3 atom stereocenters. The van der Waals surface area contributed by atoms with Gasteiger partial charge in [-0.25, -0.2) is 13.6 Å². The minimum absolute atomic E-state index is 0.500. The first-order chi connectivity index (χ1) is 11.4. The first-order valence-electron chi connectivity index (χ1n) is 7.88. The van der Waals surface area contributed by atoms with E-state index >= 15 is 0 Å². The van der Waals surface area contributed by atoms with Crippen molar-refractivity contribution < 1.29 is 28.2 Å². The van der Waals surface area contributed by atoms with E-state index in [-0.39, 0.29) is 0 Å². The van der Waals surface area contributed by atoms with Crippen molar-refractivity contribution in [3.05, 3.63) is 35.4 Å². The maximum atomic E-state index is 12.5. The molecule has 1 aliphatic rings. The summed E-state index contributed by atoms with van der Waals surface area (Å²) in [5.41, 5.74) is 1.89. The highest BCUT2D eigenvalue weighted by molar-refractivity contribution is 5.85. The molecule has 3 unspecified atom stereocenters. The van der Waals surface area contributed by atoms with E-state index in [1.54, 1.807) is 0 Å². The van der Waals surface area contributed by atoms with Crippen LogP contribution in [0.3, 0.4) is 0 Å². The van der Waals surface area contributed by atoms with Crippen molar-refractivity contribution >= 4 is 11.9 Å². The molecule has 132 valence electrons. The van der Waals surface area contributed by atoms with Crippen LogP contribution in [0.25, 0.3) is 0 Å². The first-order valence-corrected chi connectivity index (χ1v) is 7.88. The van der Waals surface area contributed by atoms with Crippen LogP contribution >= 0.6 is 0 Å². The van der Waals surface area contributed by atoms with E-state index in [9.17, 15) is 18.4 Å². The standard InChI is InChI=1S/C17H21F2NO4/c1-10-4-6-11(7-5-10)15-12(3-2-8-24-15)16(21)20-13(17(22)23)9-14(18)19/h4-7,12-15H,2-3,8-9H2,1H3,(H,20,21)(H,22,23). The molecule has 0 spiro atoms. The summed E-state index contributed by atoms with van der Waals surface area (Å²) in [6, 6.07) is 5.93. The lowest BCUT2D eigenvalue weighted by atomic mass is 9.88. The molecule has 1 fully saturated rings. The van der Waals surface area contributed by atoms with E-state index in [4.69, 9.17) is 9.84 Å². The summed E-state index contributed by atoms with van der Waals surface area (Å²) in [7, 11) is 0. The molecule has 1 aromatic rings. The number of hydrogen-bond donors (Lipinski definition) is 2. The van der Waals surface area contributed by atoms with Crippen LogP contribution in [0, 0.1) is 12.8 Å². The number of aliphatic carboxylic acids is 1. The molecule has 1 aliphatic heterocycles. The fourth-order valence-electron chi connectivity index (χ4n) is 2.81. The number of carboxylic acids is 1. The molecule has 1 saturated heterocycles. The second-order valence-corrected chi connectivity index (χ2v) is 5.98. The first kappa shape index (κ1) is 18.3. The number of halogens is 2. The monoisotopic (exact) mass is 341 g/mol. The molecule has 1 heterocycles. The molecule has 2 rings (SSSR count). The van der Waals surface area contributed by atoms with Gasteiger partial charge in [0.1, 0.15) is 6.04 Å². The smallest absolute Gasteiger partial charge is 0.326 e. The molecule has 0 saturated carbocycles. The third kappa shape index (κ3) is 4.74. The van der Waals surface area contributed by atoms with Gasteiger partial charge in [-0.1, -0.05) is 29.8 Å². The molecule has 7 heteroatoms. The maximum absolute atomic E-state index is 12.5. The largest absolute Gasteiger partial charge is 0.480 e. The van der Waals surface area contributed by atoms with Gasteiger partial charge in [0.25, 0.3) is 0 Å². The van der Waals surface area contributed by atoms with Gasteiger partial charge in [0.05, 0.1) is 12.0 Å². The van der Waals surface area contributed by atoms with Crippen molar-refractivity contribution in [2.75, 3.05) is 6.61 Å². The van der Waals surface area contributed by atoms with Crippen molar-refractivity contribution in [2.24, 2.45) is 5.92 Å². The van der Waals surface area contributed by atoms with Crippen LogP contribution in [0.4, 0.5) is 8.78 Å². The van der Waals surface area contributed by atoms with Crippen molar-refractivity contribution in [2.45, 2.75) is 44.8 Å². The Labute approximate surface area is 139 Å². The number of amides is 1. The van der Waals surface area contributed by atoms with Crippen molar-refractivity contribution in [3.8, 4) is 0 Å². The van der Waals surface area contributed by atoms with Gasteiger partial charge in [0, 0.05) is 13.0 Å². The lowest BCUT2D eigenvalue weighted by Gasteiger charge is -2.32. The lowest BCUT2D eigenvalue weighted by molar-refractivity contribution is -0.146. The van der Waals surface area contributed by atoms with Crippen molar-refractivity contribution in [1.29, 1.82) is 0 Å². The molecule has 0 aliphatic carbocycles. The third-order valence-corrected chi connectivity index (χ3v) is 4.09. The Balaban J connectivity index is 2.12. The average Bonchev–Trinajstić information content (AvgIpc) is 2.54. The molecule has 0 bridgehead atoms. The zero-order valence-electron chi connectivity index (χ0n) is 13.4. The zero-order chi connectivity index (χ0) is 17.7. The average molecular weight is 341 g/mol. The quantitative estimate of drug-likeness (QED) is 0.834. The number of hydrogen-bond acceptors (Lipinski definition) is 3. The van der Waals surface area contributed by atoms with Gasteiger partial charge in [0.2, 0.25) is 12.3 Å². The summed E-state index contributed by atoms with van der Waals surface area (Å²) in [6.07, 6.45) is -3.04. The number of nitrogens with one attached hydrogen (secondary N) is 1. The van der Waals surface area contributed by atoms with E-state index in [1.165, 1.54) is 0 Å². The number of carbonyl (C=O) groups excluding carboxylic acids is 1. The summed E-state index contributed by atoms with van der Waals surface area (Å²) in [4.78, 5) is 23.5. The Hall–Kier alpha value is -2.02. The van der Waals surface area contributed by atoms with E-state index < -0.39 is 42.8 Å². The summed E-state index contributed by atoms with van der Waals surface area (Å²) in [5, 5.41) is 11.2. The van der Waals surface area contributed by atoms with Gasteiger partial charge in [-0.2, -0.15) is 0 Å².